The molecule has 0 spiro atoms. The first-order valence-corrected chi connectivity index (χ1v) is 5.88. The van der Waals surface area contributed by atoms with Gasteiger partial charge >= 0.3 is 6.18 Å². The summed E-state index contributed by atoms with van der Waals surface area (Å²) in [5, 5.41) is 28.2. The van der Waals surface area contributed by atoms with Crippen molar-refractivity contribution in [2.45, 2.75) is 24.8 Å². The highest BCUT2D eigenvalue weighted by molar-refractivity contribution is 6.17. The lowest BCUT2D eigenvalue weighted by atomic mass is 9.96. The first kappa shape index (κ1) is 15.8. The molecule has 2 N–H and O–H groups in total. The predicted octanol–water partition coefficient (Wildman–Crippen LogP) is 2.60. The van der Waals surface area contributed by atoms with Gasteiger partial charge in [0.05, 0.1) is 23.3 Å². The third-order valence-corrected chi connectivity index (χ3v) is 2.81. The molecule has 0 radical (unpaired) electrons. The molecule has 1 aromatic carbocycles. The smallest absolute Gasteiger partial charge is 0.390 e. The summed E-state index contributed by atoms with van der Waals surface area (Å²) in [6, 6.07) is 3.97. The fourth-order valence-corrected chi connectivity index (χ4v) is 1.79. The van der Waals surface area contributed by atoms with E-state index in [2.05, 4.69) is 0 Å². The number of nitriles is 1. The number of benzene rings is 1. The zero-order chi connectivity index (χ0) is 14.6. The Morgan fingerprint density at radius 1 is 1.32 bits per heavy atom. The van der Waals surface area contributed by atoms with Crippen LogP contribution in [0.3, 0.4) is 0 Å². The third kappa shape index (κ3) is 3.83. The Hall–Kier alpha value is -1.29. The van der Waals surface area contributed by atoms with Crippen molar-refractivity contribution in [1.82, 2.24) is 0 Å². The fraction of sp³-hybridized carbons (Fsp3) is 0.417. The van der Waals surface area contributed by atoms with Crippen LogP contribution in [0.1, 0.15) is 29.2 Å². The molecule has 0 saturated carbocycles. The Balaban J connectivity index is 3.13. The van der Waals surface area contributed by atoms with E-state index in [9.17, 15) is 23.4 Å². The highest BCUT2D eigenvalue weighted by Crippen LogP contribution is 2.32. The lowest BCUT2D eigenvalue weighted by molar-refractivity contribution is -0.137. The second-order valence-corrected chi connectivity index (χ2v) is 4.28. The van der Waals surface area contributed by atoms with E-state index in [-0.39, 0.29) is 23.4 Å². The van der Waals surface area contributed by atoms with Crippen LogP contribution < -0.4 is 0 Å². The summed E-state index contributed by atoms with van der Waals surface area (Å²) in [7, 11) is 0. The van der Waals surface area contributed by atoms with Crippen molar-refractivity contribution < 1.29 is 23.4 Å². The highest BCUT2D eigenvalue weighted by atomic mass is 35.5. The fourth-order valence-electron chi connectivity index (χ4n) is 1.56. The number of halogens is 4. The number of alkyl halides is 4. The number of rotatable bonds is 4. The summed E-state index contributed by atoms with van der Waals surface area (Å²) in [6.07, 6.45) is -7.18. The van der Waals surface area contributed by atoms with Crippen LogP contribution in [0.5, 0.6) is 0 Å². The number of aliphatic hydroxyl groups is 2. The van der Waals surface area contributed by atoms with Gasteiger partial charge in [0.15, 0.2) is 0 Å². The topological polar surface area (TPSA) is 64.2 Å². The summed E-state index contributed by atoms with van der Waals surface area (Å²) in [5.74, 6) is 0.0841. The van der Waals surface area contributed by atoms with Crippen molar-refractivity contribution in [2.75, 3.05) is 5.88 Å². The molecule has 0 heterocycles. The van der Waals surface area contributed by atoms with Gasteiger partial charge in [0.25, 0.3) is 0 Å². The van der Waals surface area contributed by atoms with Crippen molar-refractivity contribution in [3.8, 4) is 6.07 Å². The van der Waals surface area contributed by atoms with Gasteiger partial charge in [-0.05, 0) is 18.6 Å². The number of nitrogens with zero attached hydrogens (tertiary/aromatic N) is 1. The zero-order valence-corrected chi connectivity index (χ0v) is 10.4. The minimum absolute atomic E-state index is 0.0480. The van der Waals surface area contributed by atoms with Crippen LogP contribution in [0.2, 0.25) is 0 Å². The Kier molecular flexibility index (Phi) is 5.18. The molecule has 3 nitrogen and oxygen atoms in total. The molecule has 0 aliphatic heterocycles. The molecule has 0 aliphatic carbocycles. The Morgan fingerprint density at radius 2 is 1.95 bits per heavy atom. The number of hydrogen-bond acceptors (Lipinski definition) is 3. The molecular weight excluding hydrogens is 283 g/mol. The van der Waals surface area contributed by atoms with Gasteiger partial charge in [-0.2, -0.15) is 18.4 Å². The molecule has 19 heavy (non-hydrogen) atoms. The molecule has 1 aromatic rings. The van der Waals surface area contributed by atoms with E-state index in [0.29, 0.717) is 6.07 Å². The average molecular weight is 294 g/mol. The summed E-state index contributed by atoms with van der Waals surface area (Å²) in [5.41, 5.74) is -1.35. The molecule has 104 valence electrons. The van der Waals surface area contributed by atoms with Gasteiger partial charge in [0, 0.05) is 11.4 Å². The van der Waals surface area contributed by atoms with Crippen molar-refractivity contribution in [3.63, 3.8) is 0 Å². The van der Waals surface area contributed by atoms with Crippen LogP contribution in [0.15, 0.2) is 18.2 Å². The second kappa shape index (κ2) is 6.24. The van der Waals surface area contributed by atoms with E-state index < -0.39 is 23.9 Å². The molecule has 0 bridgehead atoms. The van der Waals surface area contributed by atoms with Crippen LogP contribution in [0.25, 0.3) is 0 Å². The monoisotopic (exact) mass is 293 g/mol. The predicted molar refractivity (Wildman–Crippen MR) is 62.5 cm³/mol. The maximum absolute atomic E-state index is 12.5. The maximum Gasteiger partial charge on any atom is 0.416 e. The Morgan fingerprint density at radius 3 is 2.42 bits per heavy atom. The minimum Gasteiger partial charge on any atom is -0.390 e. The van der Waals surface area contributed by atoms with Gasteiger partial charge in [0.1, 0.15) is 6.10 Å². The molecule has 2 atom stereocenters. The molecule has 1 rings (SSSR count). The van der Waals surface area contributed by atoms with Gasteiger partial charge in [-0.15, -0.1) is 11.6 Å². The van der Waals surface area contributed by atoms with Crippen molar-refractivity contribution in [1.29, 1.82) is 5.26 Å². The summed E-state index contributed by atoms with van der Waals surface area (Å²) in [4.78, 5) is 0. The van der Waals surface area contributed by atoms with Crippen LogP contribution >= 0.6 is 11.6 Å². The van der Waals surface area contributed by atoms with Gasteiger partial charge in [-0.3, -0.25) is 0 Å². The quantitative estimate of drug-likeness (QED) is 0.839. The van der Waals surface area contributed by atoms with Crippen LogP contribution in [-0.2, 0) is 6.18 Å². The number of aliphatic hydroxyl groups excluding tert-OH is 2. The largest absolute Gasteiger partial charge is 0.416 e. The minimum atomic E-state index is -4.57. The lowest BCUT2D eigenvalue weighted by Gasteiger charge is -2.19. The summed E-state index contributed by atoms with van der Waals surface area (Å²) >= 11 is 5.40. The first-order chi connectivity index (χ1) is 8.81. The maximum atomic E-state index is 12.5. The van der Waals surface area contributed by atoms with E-state index in [1.807, 2.05) is 0 Å². The SMILES string of the molecule is N#Cc1cc(C(F)(F)F)ccc1C(O)C(O)CCCl. The third-order valence-electron chi connectivity index (χ3n) is 2.59. The second-order valence-electron chi connectivity index (χ2n) is 3.90. The summed E-state index contributed by atoms with van der Waals surface area (Å²) in [6.45, 7) is 0. The van der Waals surface area contributed by atoms with Gasteiger partial charge in [-0.1, -0.05) is 6.07 Å². The molecule has 7 heteroatoms. The van der Waals surface area contributed by atoms with Crippen LogP contribution in [0, 0.1) is 11.3 Å². The van der Waals surface area contributed by atoms with E-state index in [1.54, 1.807) is 6.07 Å². The summed E-state index contributed by atoms with van der Waals surface area (Å²) < 4.78 is 37.4. The molecule has 0 aromatic heterocycles. The number of hydrogen-bond donors (Lipinski definition) is 2. The van der Waals surface area contributed by atoms with Crippen molar-refractivity contribution in [2.24, 2.45) is 0 Å². The Bertz CT molecular complexity index is 485. The first-order valence-electron chi connectivity index (χ1n) is 5.34. The molecule has 0 aliphatic rings. The molecule has 2 unspecified atom stereocenters. The highest BCUT2D eigenvalue weighted by Gasteiger charge is 2.32. The van der Waals surface area contributed by atoms with Gasteiger partial charge < -0.3 is 10.2 Å². The van der Waals surface area contributed by atoms with Crippen molar-refractivity contribution >= 4 is 11.6 Å². The van der Waals surface area contributed by atoms with E-state index >= 15 is 0 Å². The molecular formula is C12H11ClF3NO2. The lowest BCUT2D eigenvalue weighted by Crippen LogP contribution is -2.20. The van der Waals surface area contributed by atoms with Crippen molar-refractivity contribution in [3.05, 3.63) is 34.9 Å². The average Bonchev–Trinajstić information content (AvgIpc) is 2.36. The van der Waals surface area contributed by atoms with Crippen LogP contribution in [-0.4, -0.2) is 22.2 Å². The molecule has 0 amide bonds. The van der Waals surface area contributed by atoms with E-state index in [4.69, 9.17) is 16.9 Å². The normalized spacial score (nSPS) is 14.8. The van der Waals surface area contributed by atoms with Gasteiger partial charge in [-0.25, -0.2) is 0 Å². The zero-order valence-electron chi connectivity index (χ0n) is 9.65. The van der Waals surface area contributed by atoms with Gasteiger partial charge in [0.2, 0.25) is 0 Å². The standard InChI is InChI=1S/C12H11ClF3NO2/c13-4-3-10(18)11(19)9-2-1-8(12(14,15)16)5-7(9)6-17/h1-2,5,10-11,18-19H,3-4H2. The van der Waals surface area contributed by atoms with Crippen LogP contribution in [0.4, 0.5) is 13.2 Å². The molecule has 0 saturated heterocycles. The Labute approximate surface area is 112 Å². The van der Waals surface area contributed by atoms with E-state index in [1.165, 1.54) is 0 Å². The van der Waals surface area contributed by atoms with E-state index in [0.717, 1.165) is 12.1 Å². The molecule has 0 fully saturated rings.